The predicted molar refractivity (Wildman–Crippen MR) is 34.6 cm³/mol. The molecular weight excluding hydrogens is 150 g/mol. The molecule has 0 saturated heterocycles. The van der Waals surface area contributed by atoms with E-state index in [0.29, 0.717) is 6.42 Å². The molecule has 10 heavy (non-hydrogen) atoms. The van der Waals surface area contributed by atoms with Crippen LogP contribution in [0.5, 0.6) is 0 Å². The van der Waals surface area contributed by atoms with Crippen molar-refractivity contribution in [1.82, 2.24) is 0 Å². The van der Waals surface area contributed by atoms with Gasteiger partial charge in [0.1, 0.15) is 0 Å². The molecule has 0 aliphatic rings. The molecule has 2 N–H and O–H groups in total. The number of rotatable bonds is 4. The first-order valence-electron chi connectivity index (χ1n) is 3.13. The minimum Gasteiger partial charge on any atom is -1.00 e. The van der Waals surface area contributed by atoms with Crippen molar-refractivity contribution in [1.29, 1.82) is 0 Å². The zero-order chi connectivity index (χ0) is 6.41. The van der Waals surface area contributed by atoms with E-state index >= 15 is 0 Å². The minimum absolute atomic E-state index is 0. The van der Waals surface area contributed by atoms with E-state index in [1.54, 1.807) is 0 Å². The van der Waals surface area contributed by atoms with Gasteiger partial charge in [-0.2, -0.15) is 0 Å². The molecule has 0 spiro atoms. The molecule has 4 heteroatoms. The summed E-state index contributed by atoms with van der Waals surface area (Å²) in [5.41, 5.74) is 0. The van der Waals surface area contributed by atoms with Crippen LogP contribution in [0.25, 0.3) is 0 Å². The summed E-state index contributed by atoms with van der Waals surface area (Å²) in [6.45, 7) is 2.09. The molecule has 0 bridgehead atoms. The van der Waals surface area contributed by atoms with Gasteiger partial charge < -0.3 is 13.1 Å². The van der Waals surface area contributed by atoms with Crippen LogP contribution in [-0.2, 0) is 0 Å². The Balaban J connectivity index is -0.0000000408. The van der Waals surface area contributed by atoms with Crippen LogP contribution in [0.3, 0.4) is 0 Å². The van der Waals surface area contributed by atoms with E-state index < -0.39 is 6.29 Å². The first kappa shape index (κ1) is 17.9. The van der Waals surface area contributed by atoms with Gasteiger partial charge in [-0.25, -0.2) is 0 Å². The minimum atomic E-state index is -1.10. The van der Waals surface area contributed by atoms with Gasteiger partial charge in [0.05, 0.1) is 0 Å². The topological polar surface area (TPSA) is 40.5 Å². The van der Waals surface area contributed by atoms with Crippen LogP contribution >= 0.6 is 0 Å². The number of hydrogen-bond donors (Lipinski definition) is 2. The smallest absolute Gasteiger partial charge is 1.00 e. The zero-order valence-corrected chi connectivity index (χ0v) is 11.3. The van der Waals surface area contributed by atoms with Crippen molar-refractivity contribution in [3.05, 3.63) is 0 Å². The van der Waals surface area contributed by atoms with E-state index in [2.05, 4.69) is 6.92 Å². The Morgan fingerprint density at radius 3 is 2.00 bits per heavy atom. The van der Waals surface area contributed by atoms with Crippen molar-refractivity contribution in [2.45, 2.75) is 38.9 Å². The van der Waals surface area contributed by atoms with Crippen molar-refractivity contribution < 1.29 is 72.2 Å². The molecule has 0 aliphatic carbocycles. The first-order valence-corrected chi connectivity index (χ1v) is 3.13. The van der Waals surface area contributed by atoms with Gasteiger partial charge in [0, 0.05) is 0 Å². The fraction of sp³-hybridized carbons (Fsp3) is 1.00. The van der Waals surface area contributed by atoms with E-state index in [9.17, 15) is 0 Å². The second kappa shape index (κ2) is 13.5. The number of aliphatic hydroxyl groups excluding tert-OH is 1. The van der Waals surface area contributed by atoms with Crippen molar-refractivity contribution in [2.24, 2.45) is 0 Å². The van der Waals surface area contributed by atoms with Crippen LogP contribution in [-0.4, -0.2) is 16.5 Å². The number of aliphatic hydroxyl groups is 2. The second-order valence-corrected chi connectivity index (χ2v) is 1.98. The summed E-state index contributed by atoms with van der Waals surface area (Å²) in [4.78, 5) is 0. The molecule has 54 valence electrons. The summed E-state index contributed by atoms with van der Waals surface area (Å²) < 4.78 is 0. The van der Waals surface area contributed by atoms with Crippen molar-refractivity contribution in [2.75, 3.05) is 0 Å². The van der Waals surface area contributed by atoms with Crippen LogP contribution in [0.4, 0.5) is 0 Å². The molecule has 0 aliphatic heterocycles. The summed E-state index contributed by atoms with van der Waals surface area (Å²) >= 11 is 0. The maximum Gasteiger partial charge on any atom is 1.00 e. The Labute approximate surface area is 110 Å². The third kappa shape index (κ3) is 16.5. The SMILES string of the molecule is CCCCCC(O)O.[H-].[H-].[Na+].[Na+]. The van der Waals surface area contributed by atoms with Gasteiger partial charge >= 0.3 is 59.1 Å². The second-order valence-electron chi connectivity index (χ2n) is 1.98. The molecule has 0 heterocycles. The van der Waals surface area contributed by atoms with Crippen molar-refractivity contribution >= 4 is 0 Å². The maximum absolute atomic E-state index is 8.33. The monoisotopic (exact) mass is 166 g/mol. The van der Waals surface area contributed by atoms with Crippen LogP contribution < -0.4 is 59.1 Å². The van der Waals surface area contributed by atoms with E-state index in [4.69, 9.17) is 10.2 Å². The quantitative estimate of drug-likeness (QED) is 0.250. The largest absolute Gasteiger partial charge is 1.00 e. The fourth-order valence-corrected chi connectivity index (χ4v) is 0.577. The third-order valence-electron chi connectivity index (χ3n) is 1.07. The van der Waals surface area contributed by atoms with Crippen LogP contribution in [0, 0.1) is 0 Å². The molecule has 0 aromatic rings. The molecular formula is C6H16Na2O2. The summed E-state index contributed by atoms with van der Waals surface area (Å²) in [6, 6.07) is 0. The van der Waals surface area contributed by atoms with Crippen LogP contribution in [0.1, 0.15) is 35.5 Å². The Bertz CT molecular complexity index is 58.8. The van der Waals surface area contributed by atoms with E-state index in [1.807, 2.05) is 0 Å². The Hall–Kier alpha value is 1.92. The van der Waals surface area contributed by atoms with E-state index in [-0.39, 0.29) is 62.0 Å². The van der Waals surface area contributed by atoms with Gasteiger partial charge in [0.15, 0.2) is 6.29 Å². The number of unbranched alkanes of at least 4 members (excludes halogenated alkanes) is 2. The average molecular weight is 166 g/mol. The van der Waals surface area contributed by atoms with Gasteiger partial charge in [-0.1, -0.05) is 19.8 Å². The fourth-order valence-electron chi connectivity index (χ4n) is 0.577. The predicted octanol–water partition coefficient (Wildman–Crippen LogP) is -4.89. The Morgan fingerprint density at radius 1 is 1.20 bits per heavy atom. The van der Waals surface area contributed by atoms with E-state index in [1.165, 1.54) is 0 Å². The van der Waals surface area contributed by atoms with Gasteiger partial charge in [-0.05, 0) is 12.8 Å². The van der Waals surface area contributed by atoms with E-state index in [0.717, 1.165) is 19.3 Å². The molecule has 0 rings (SSSR count). The molecule has 0 radical (unpaired) electrons. The van der Waals surface area contributed by atoms with Crippen molar-refractivity contribution in [3.63, 3.8) is 0 Å². The van der Waals surface area contributed by atoms with Crippen LogP contribution in [0.2, 0.25) is 0 Å². The average Bonchev–Trinajstić information content (AvgIpc) is 1.66. The van der Waals surface area contributed by atoms with Crippen LogP contribution in [0.15, 0.2) is 0 Å². The van der Waals surface area contributed by atoms with Crippen molar-refractivity contribution in [3.8, 4) is 0 Å². The summed E-state index contributed by atoms with van der Waals surface area (Å²) in [5, 5.41) is 16.7. The molecule has 2 nitrogen and oxygen atoms in total. The molecule has 0 fully saturated rings. The molecule has 0 amide bonds. The summed E-state index contributed by atoms with van der Waals surface area (Å²) in [7, 11) is 0. The number of hydrogen-bond acceptors (Lipinski definition) is 2. The standard InChI is InChI=1S/C6H14O2.2Na.2H/c1-2-3-4-5-6(7)8;;;;/h6-8H,2-5H2,1H3;;;;/q;2*+1;2*-1. The summed E-state index contributed by atoms with van der Waals surface area (Å²) in [5.74, 6) is 0. The van der Waals surface area contributed by atoms with Gasteiger partial charge in [-0.3, -0.25) is 0 Å². The normalized spacial score (nSPS) is 8.40. The van der Waals surface area contributed by atoms with Gasteiger partial charge in [0.25, 0.3) is 0 Å². The Kier molecular flexibility index (Phi) is 24.1. The molecule has 0 atom stereocenters. The third-order valence-corrected chi connectivity index (χ3v) is 1.07. The molecule has 0 aromatic heterocycles. The van der Waals surface area contributed by atoms with Gasteiger partial charge in [0.2, 0.25) is 0 Å². The first-order chi connectivity index (χ1) is 3.77. The molecule has 0 saturated carbocycles. The zero-order valence-electron chi connectivity index (χ0n) is 9.30. The molecule has 0 aromatic carbocycles. The van der Waals surface area contributed by atoms with Gasteiger partial charge in [-0.15, -0.1) is 0 Å². The molecule has 0 unspecified atom stereocenters. The Morgan fingerprint density at radius 2 is 1.70 bits per heavy atom. The summed E-state index contributed by atoms with van der Waals surface area (Å²) in [6.07, 6.45) is 2.58. The maximum atomic E-state index is 8.33.